The Morgan fingerprint density at radius 2 is 1.74 bits per heavy atom. The quantitative estimate of drug-likeness (QED) is 0.235. The molecule has 3 aromatic rings. The average Bonchev–Trinajstić information content (AvgIpc) is 3.40. The van der Waals surface area contributed by atoms with E-state index < -0.39 is 46.7 Å². The Hall–Kier alpha value is -3.80. The number of morpholine rings is 1. The number of nitrogens with zero attached hydrogens (tertiary/aromatic N) is 4. The van der Waals surface area contributed by atoms with Crippen molar-refractivity contribution in [3.05, 3.63) is 77.6 Å². The molecular formula is C22H17F5N4O3. The van der Waals surface area contributed by atoms with Crippen molar-refractivity contribution in [2.75, 3.05) is 26.3 Å². The molecule has 1 saturated heterocycles. The Bertz CT molecular complexity index is 1170. The lowest BCUT2D eigenvalue weighted by Crippen LogP contribution is -2.47. The first-order chi connectivity index (χ1) is 16.3. The summed E-state index contributed by atoms with van der Waals surface area (Å²) in [7, 11) is 0. The van der Waals surface area contributed by atoms with Crippen molar-refractivity contribution in [3.63, 3.8) is 0 Å². The molecule has 1 aliphatic heterocycles. The van der Waals surface area contributed by atoms with Gasteiger partial charge in [0.1, 0.15) is 31.1 Å². The lowest BCUT2D eigenvalue weighted by atomic mass is 10.1. The molecular weight excluding hydrogens is 463 g/mol. The van der Waals surface area contributed by atoms with Crippen LogP contribution in [0.5, 0.6) is 5.75 Å². The Morgan fingerprint density at radius 3 is 2.38 bits per heavy atom. The van der Waals surface area contributed by atoms with Gasteiger partial charge in [-0.1, -0.05) is 0 Å². The summed E-state index contributed by atoms with van der Waals surface area (Å²) in [6.45, 7) is 0.593. The van der Waals surface area contributed by atoms with Crippen LogP contribution >= 0.6 is 0 Å². The van der Waals surface area contributed by atoms with Gasteiger partial charge < -0.3 is 14.4 Å². The molecule has 1 atom stereocenters. The number of halogens is 5. The summed E-state index contributed by atoms with van der Waals surface area (Å²) in [6, 6.07) is 7.03. The van der Waals surface area contributed by atoms with Crippen LogP contribution in [0.15, 0.2) is 43.0 Å². The number of carbonyl (C=O) groups excluding carboxylic acids is 1. The molecule has 0 bridgehead atoms. The van der Waals surface area contributed by atoms with Gasteiger partial charge in [0.25, 0.3) is 0 Å². The number of benzene rings is 2. The molecule has 1 unspecified atom stereocenters. The summed E-state index contributed by atoms with van der Waals surface area (Å²) in [4.78, 5) is 17.6. The van der Waals surface area contributed by atoms with Gasteiger partial charge in [-0.2, -0.15) is 5.10 Å². The van der Waals surface area contributed by atoms with Crippen molar-refractivity contribution in [1.82, 2.24) is 19.7 Å². The van der Waals surface area contributed by atoms with E-state index >= 15 is 0 Å². The first-order valence-corrected chi connectivity index (χ1v) is 10.0. The zero-order chi connectivity index (χ0) is 24.2. The topological polar surface area (TPSA) is 69.5 Å². The zero-order valence-electron chi connectivity index (χ0n) is 17.4. The highest BCUT2D eigenvalue weighted by Crippen LogP contribution is 2.24. The maximum atomic E-state index is 13.8. The van der Waals surface area contributed by atoms with Gasteiger partial charge in [-0.15, -0.1) is 0 Å². The smallest absolute Gasteiger partial charge is 0.246 e. The fourth-order valence-corrected chi connectivity index (χ4v) is 3.27. The maximum absolute atomic E-state index is 13.8. The summed E-state index contributed by atoms with van der Waals surface area (Å²) < 4.78 is 80.2. The normalized spacial score (nSPS) is 16.3. The molecule has 0 saturated carbocycles. The highest BCUT2D eigenvalue weighted by Gasteiger charge is 2.26. The molecule has 1 amide bonds. The molecule has 7 nitrogen and oxygen atoms in total. The van der Waals surface area contributed by atoms with Crippen LogP contribution in [0.1, 0.15) is 5.56 Å². The van der Waals surface area contributed by atoms with E-state index in [9.17, 15) is 26.7 Å². The molecule has 2 heterocycles. The van der Waals surface area contributed by atoms with Crippen LogP contribution in [-0.2, 0) is 9.53 Å². The number of hydrogen-bond acceptors (Lipinski definition) is 5. The minimum atomic E-state index is -2.26. The average molecular weight is 480 g/mol. The van der Waals surface area contributed by atoms with Crippen LogP contribution in [0.4, 0.5) is 22.0 Å². The number of hydrogen-bond donors (Lipinski definition) is 0. The summed E-state index contributed by atoms with van der Waals surface area (Å²) in [5.41, 5.74) is -0.400. The highest BCUT2D eigenvalue weighted by molar-refractivity contribution is 5.92. The Morgan fingerprint density at radius 1 is 1.06 bits per heavy atom. The van der Waals surface area contributed by atoms with Crippen molar-refractivity contribution < 1.29 is 36.2 Å². The molecule has 1 aliphatic rings. The molecule has 0 N–H and O–H groups in total. The third-order valence-corrected chi connectivity index (χ3v) is 5.04. The van der Waals surface area contributed by atoms with E-state index in [4.69, 9.17) is 9.47 Å². The van der Waals surface area contributed by atoms with Crippen LogP contribution in [0.25, 0.3) is 11.8 Å². The van der Waals surface area contributed by atoms with Crippen molar-refractivity contribution in [3.8, 4) is 11.4 Å². The Kier molecular flexibility index (Phi) is 6.87. The highest BCUT2D eigenvalue weighted by atomic mass is 19.2. The van der Waals surface area contributed by atoms with E-state index in [1.165, 1.54) is 11.2 Å². The van der Waals surface area contributed by atoms with Crippen molar-refractivity contribution >= 4 is 12.0 Å². The third-order valence-electron chi connectivity index (χ3n) is 5.04. The predicted molar refractivity (Wildman–Crippen MR) is 108 cm³/mol. The van der Waals surface area contributed by atoms with Gasteiger partial charge >= 0.3 is 0 Å². The lowest BCUT2D eigenvalue weighted by Gasteiger charge is -2.32. The van der Waals surface area contributed by atoms with Crippen LogP contribution in [0.3, 0.4) is 0 Å². The van der Waals surface area contributed by atoms with E-state index in [-0.39, 0.29) is 26.3 Å². The number of ether oxygens (including phenoxy) is 2. The van der Waals surface area contributed by atoms with Gasteiger partial charge in [-0.25, -0.2) is 31.6 Å². The molecule has 178 valence electrons. The van der Waals surface area contributed by atoms with Gasteiger partial charge in [0, 0.05) is 12.6 Å². The van der Waals surface area contributed by atoms with Gasteiger partial charge in [0.05, 0.1) is 24.4 Å². The minimum Gasteiger partial charge on any atom is -0.491 e. The van der Waals surface area contributed by atoms with Crippen LogP contribution < -0.4 is 4.74 Å². The summed E-state index contributed by atoms with van der Waals surface area (Å²) >= 11 is 0. The Labute approximate surface area is 190 Å². The molecule has 0 spiro atoms. The standard InChI is InChI=1S/C22H17F5N4O3/c23-18-16(19(24)21(26)22(27)20(18)25)5-6-17(32)30-7-8-33-15(9-30)10-34-14-3-1-13(2-4-14)31-12-28-11-29-31/h1-6,11-12,15H,7-10H2. The first-order valence-electron chi connectivity index (χ1n) is 10.0. The maximum Gasteiger partial charge on any atom is 0.246 e. The van der Waals surface area contributed by atoms with Gasteiger partial charge in [0.15, 0.2) is 23.3 Å². The Balaban J connectivity index is 1.35. The van der Waals surface area contributed by atoms with Crippen LogP contribution in [0, 0.1) is 29.1 Å². The van der Waals surface area contributed by atoms with E-state index in [1.807, 2.05) is 0 Å². The SMILES string of the molecule is O=C(C=Cc1c(F)c(F)c(F)c(F)c1F)N1CCOC(COc2ccc(-n3cncn3)cc2)C1. The molecule has 0 aliphatic carbocycles. The molecule has 0 radical (unpaired) electrons. The minimum absolute atomic E-state index is 0.108. The van der Waals surface area contributed by atoms with Crippen molar-refractivity contribution in [1.29, 1.82) is 0 Å². The molecule has 12 heteroatoms. The molecule has 2 aromatic carbocycles. The fourth-order valence-electron chi connectivity index (χ4n) is 3.27. The number of rotatable bonds is 6. The van der Waals surface area contributed by atoms with Gasteiger partial charge in [0.2, 0.25) is 11.7 Å². The van der Waals surface area contributed by atoms with E-state index in [2.05, 4.69) is 10.1 Å². The number of carbonyl (C=O) groups is 1. The molecule has 1 fully saturated rings. The monoisotopic (exact) mass is 480 g/mol. The second kappa shape index (κ2) is 10.00. The van der Waals surface area contributed by atoms with E-state index in [0.29, 0.717) is 11.8 Å². The van der Waals surface area contributed by atoms with Gasteiger partial charge in [-0.3, -0.25) is 4.79 Å². The first kappa shape index (κ1) is 23.4. The number of aromatic nitrogens is 3. The van der Waals surface area contributed by atoms with E-state index in [0.717, 1.165) is 11.8 Å². The fraction of sp³-hybridized carbons (Fsp3) is 0.227. The number of amides is 1. The lowest BCUT2D eigenvalue weighted by molar-refractivity contribution is -0.134. The zero-order valence-corrected chi connectivity index (χ0v) is 17.4. The largest absolute Gasteiger partial charge is 0.491 e. The van der Waals surface area contributed by atoms with Crippen molar-refractivity contribution in [2.24, 2.45) is 0 Å². The molecule has 1 aromatic heterocycles. The van der Waals surface area contributed by atoms with Gasteiger partial charge in [-0.05, 0) is 30.3 Å². The van der Waals surface area contributed by atoms with Crippen LogP contribution in [0.2, 0.25) is 0 Å². The van der Waals surface area contributed by atoms with E-state index in [1.54, 1.807) is 35.3 Å². The summed E-state index contributed by atoms with van der Waals surface area (Å²) in [6.07, 6.45) is 3.80. The second-order valence-electron chi connectivity index (χ2n) is 7.24. The second-order valence-corrected chi connectivity index (χ2v) is 7.24. The molecule has 4 rings (SSSR count). The third kappa shape index (κ3) is 4.91. The summed E-state index contributed by atoms with van der Waals surface area (Å²) in [5, 5.41) is 4.02. The molecule has 34 heavy (non-hydrogen) atoms. The van der Waals surface area contributed by atoms with Crippen LogP contribution in [-0.4, -0.2) is 58.0 Å². The van der Waals surface area contributed by atoms with Crippen molar-refractivity contribution in [2.45, 2.75) is 6.10 Å². The summed E-state index contributed by atoms with van der Waals surface area (Å²) in [5.74, 6) is -10.6. The predicted octanol–water partition coefficient (Wildman–Crippen LogP) is 3.28.